The molecule has 0 bridgehead atoms. The lowest BCUT2D eigenvalue weighted by Gasteiger charge is -2.13. The van der Waals surface area contributed by atoms with E-state index < -0.39 is 0 Å². The first-order valence-electron chi connectivity index (χ1n) is 6.22. The molecule has 0 aromatic heterocycles. The van der Waals surface area contributed by atoms with Gasteiger partial charge in [0.15, 0.2) is 5.75 Å². The van der Waals surface area contributed by atoms with Crippen molar-refractivity contribution < 1.29 is 4.74 Å². The van der Waals surface area contributed by atoms with Crippen molar-refractivity contribution in [2.45, 2.75) is 19.4 Å². The number of nitrogens with two attached hydrogens (primary N) is 1. The summed E-state index contributed by atoms with van der Waals surface area (Å²) >= 11 is 9.27. The van der Waals surface area contributed by atoms with Crippen molar-refractivity contribution in [2.24, 2.45) is 5.73 Å². The summed E-state index contributed by atoms with van der Waals surface area (Å²) < 4.78 is 10.7. The van der Waals surface area contributed by atoms with Crippen LogP contribution < -0.4 is 10.5 Å². The molecule has 112 valence electrons. The second-order valence-electron chi connectivity index (χ2n) is 4.78. The minimum absolute atomic E-state index is 0.167. The molecule has 0 aliphatic heterocycles. The molecule has 0 unspecified atom stereocenters. The first-order chi connectivity index (χ1) is 9.85. The number of hydrogen-bond acceptors (Lipinski definition) is 2. The molecule has 2 nitrogen and oxygen atoms in total. The van der Waals surface area contributed by atoms with Crippen LogP contribution in [0.3, 0.4) is 0 Å². The highest BCUT2D eigenvalue weighted by Crippen LogP contribution is 2.34. The summed E-state index contributed by atoms with van der Waals surface area (Å²) in [5.41, 5.74) is 7.13. The third-order valence-corrected chi connectivity index (χ3v) is 5.52. The van der Waals surface area contributed by atoms with Crippen LogP contribution in [-0.4, -0.2) is 6.04 Å². The van der Waals surface area contributed by atoms with Gasteiger partial charge in [-0.15, -0.1) is 0 Å². The van der Waals surface area contributed by atoms with Gasteiger partial charge in [-0.25, -0.2) is 0 Å². The molecule has 2 N–H and O–H groups in total. The van der Waals surface area contributed by atoms with Gasteiger partial charge in [-0.3, -0.25) is 0 Å². The average Bonchev–Trinajstić information content (AvgIpc) is 2.31. The molecule has 0 fully saturated rings. The fourth-order valence-electron chi connectivity index (χ4n) is 1.90. The summed E-state index contributed by atoms with van der Waals surface area (Å²) in [6, 6.07) is 10.7. The lowest BCUT2D eigenvalue weighted by molar-refractivity contribution is 0.474. The summed E-state index contributed by atoms with van der Waals surface area (Å²) in [7, 11) is 0. The van der Waals surface area contributed by atoms with Crippen molar-refractivity contribution in [1.82, 2.24) is 0 Å². The lowest BCUT2D eigenvalue weighted by atomic mass is 10.1. The van der Waals surface area contributed by atoms with Crippen molar-refractivity contribution >= 4 is 90.4 Å². The summed E-state index contributed by atoms with van der Waals surface area (Å²) in [5.74, 6) is 1.80. The fourth-order valence-corrected chi connectivity index (χ4v) is 5.90. The topological polar surface area (TPSA) is 35.2 Å². The highest BCUT2D eigenvalue weighted by Gasteiger charge is 2.11. The zero-order valence-electron chi connectivity index (χ0n) is 11.2. The van der Waals surface area contributed by atoms with Crippen molar-refractivity contribution in [1.29, 1.82) is 0 Å². The molecular formula is C15H13I4NO. The molecular weight excluding hydrogens is 718 g/mol. The van der Waals surface area contributed by atoms with Crippen LogP contribution in [0.25, 0.3) is 0 Å². The molecule has 0 saturated carbocycles. The van der Waals surface area contributed by atoms with E-state index in [1.807, 2.05) is 19.1 Å². The molecule has 0 aliphatic carbocycles. The van der Waals surface area contributed by atoms with Crippen LogP contribution in [0.2, 0.25) is 0 Å². The molecule has 2 aromatic rings. The molecule has 0 heterocycles. The molecule has 1 atom stereocenters. The Morgan fingerprint density at radius 1 is 0.952 bits per heavy atom. The molecule has 2 rings (SSSR count). The first-order valence-corrected chi connectivity index (χ1v) is 10.5. The van der Waals surface area contributed by atoms with Gasteiger partial charge in [0, 0.05) is 13.2 Å². The van der Waals surface area contributed by atoms with Crippen LogP contribution in [0.15, 0.2) is 30.3 Å². The van der Waals surface area contributed by atoms with Gasteiger partial charge in [-0.05, 0) is 140 Å². The van der Waals surface area contributed by atoms with Crippen LogP contribution >= 0.6 is 90.4 Å². The van der Waals surface area contributed by atoms with Gasteiger partial charge in [0.2, 0.25) is 0 Å². The standard InChI is InChI=1S/C15H13I4NO/c1-8(20)2-9-3-13(18)15(14(19)4-9)21-12-6-10(16)5-11(17)7-12/h3-8H,2,20H2,1H3/t8-/m1/s1. The quantitative estimate of drug-likeness (QED) is 0.405. The molecule has 0 saturated heterocycles. The number of halogens is 4. The van der Waals surface area contributed by atoms with Crippen molar-refractivity contribution in [3.8, 4) is 11.5 Å². The maximum atomic E-state index is 6.11. The Morgan fingerprint density at radius 2 is 1.48 bits per heavy atom. The Kier molecular flexibility index (Phi) is 7.28. The Bertz CT molecular complexity index is 615. The Hall–Kier alpha value is 1.12. The molecule has 2 aromatic carbocycles. The van der Waals surface area contributed by atoms with E-state index in [2.05, 4.69) is 109 Å². The molecule has 21 heavy (non-hydrogen) atoms. The predicted molar refractivity (Wildman–Crippen MR) is 121 cm³/mol. The largest absolute Gasteiger partial charge is 0.455 e. The Morgan fingerprint density at radius 3 is 1.95 bits per heavy atom. The van der Waals surface area contributed by atoms with Crippen molar-refractivity contribution in [3.63, 3.8) is 0 Å². The SMILES string of the molecule is C[C@@H](N)Cc1cc(I)c(Oc2cc(I)cc(I)c2)c(I)c1. The molecule has 0 aliphatic rings. The monoisotopic (exact) mass is 731 g/mol. The summed E-state index contributed by atoms with van der Waals surface area (Å²) in [6.07, 6.45) is 0.882. The smallest absolute Gasteiger partial charge is 0.154 e. The van der Waals surface area contributed by atoms with E-state index in [0.29, 0.717) is 0 Å². The van der Waals surface area contributed by atoms with E-state index in [1.165, 1.54) is 12.7 Å². The first kappa shape index (κ1) is 18.5. The zero-order valence-corrected chi connectivity index (χ0v) is 19.8. The minimum atomic E-state index is 0.167. The van der Waals surface area contributed by atoms with Crippen LogP contribution in [0.1, 0.15) is 12.5 Å². The van der Waals surface area contributed by atoms with Crippen LogP contribution in [0.5, 0.6) is 11.5 Å². The molecule has 0 radical (unpaired) electrons. The molecule has 6 heteroatoms. The highest BCUT2D eigenvalue weighted by molar-refractivity contribution is 14.1. The van der Waals surface area contributed by atoms with Crippen molar-refractivity contribution in [3.05, 3.63) is 50.2 Å². The van der Waals surface area contributed by atoms with E-state index in [1.54, 1.807) is 0 Å². The maximum absolute atomic E-state index is 6.11. The summed E-state index contributed by atoms with van der Waals surface area (Å²) in [5, 5.41) is 0. The Balaban J connectivity index is 2.31. The fraction of sp³-hybridized carbons (Fsp3) is 0.200. The van der Waals surface area contributed by atoms with E-state index in [-0.39, 0.29) is 6.04 Å². The second kappa shape index (κ2) is 8.29. The van der Waals surface area contributed by atoms with Crippen molar-refractivity contribution in [2.75, 3.05) is 0 Å². The normalized spacial score (nSPS) is 12.3. The lowest BCUT2D eigenvalue weighted by Crippen LogP contribution is -2.17. The van der Waals surface area contributed by atoms with E-state index in [0.717, 1.165) is 25.1 Å². The van der Waals surface area contributed by atoms with Crippen LogP contribution in [0, 0.1) is 14.3 Å². The average molecular weight is 731 g/mol. The van der Waals surface area contributed by atoms with Gasteiger partial charge >= 0.3 is 0 Å². The third kappa shape index (κ3) is 5.60. The predicted octanol–water partition coefficient (Wildman–Crippen LogP) is 5.79. The van der Waals surface area contributed by atoms with Crippen LogP contribution in [-0.2, 0) is 6.42 Å². The number of ether oxygens (including phenoxy) is 1. The number of hydrogen-bond donors (Lipinski definition) is 1. The van der Waals surface area contributed by atoms with E-state index in [9.17, 15) is 0 Å². The van der Waals surface area contributed by atoms with Gasteiger partial charge in [0.05, 0.1) is 7.14 Å². The second-order valence-corrected chi connectivity index (χ2v) is 9.59. The summed E-state index contributed by atoms with van der Waals surface area (Å²) in [6.45, 7) is 2.03. The van der Waals surface area contributed by atoms with Crippen LogP contribution in [0.4, 0.5) is 0 Å². The highest BCUT2D eigenvalue weighted by atomic mass is 127. The van der Waals surface area contributed by atoms with Gasteiger partial charge in [0.1, 0.15) is 5.75 Å². The molecule has 0 spiro atoms. The van der Waals surface area contributed by atoms with E-state index in [4.69, 9.17) is 10.5 Å². The Labute approximate surface area is 179 Å². The minimum Gasteiger partial charge on any atom is -0.455 e. The van der Waals surface area contributed by atoms with Gasteiger partial charge in [-0.1, -0.05) is 0 Å². The summed E-state index contributed by atoms with van der Waals surface area (Å²) in [4.78, 5) is 0. The maximum Gasteiger partial charge on any atom is 0.154 e. The third-order valence-electron chi connectivity index (χ3n) is 2.67. The van der Waals surface area contributed by atoms with Gasteiger partial charge in [-0.2, -0.15) is 0 Å². The van der Waals surface area contributed by atoms with Gasteiger partial charge in [0.25, 0.3) is 0 Å². The van der Waals surface area contributed by atoms with Gasteiger partial charge < -0.3 is 10.5 Å². The number of benzene rings is 2. The number of rotatable bonds is 4. The van der Waals surface area contributed by atoms with E-state index >= 15 is 0 Å². The molecule has 0 amide bonds. The zero-order chi connectivity index (χ0) is 15.6.